The highest BCUT2D eigenvalue weighted by atomic mass is 16.5. The van der Waals surface area contributed by atoms with Crippen LogP contribution in [0.25, 0.3) is 0 Å². The fraction of sp³-hybridized carbons (Fsp3) is 0.364. The molecule has 6 heteroatoms. The normalized spacial score (nSPS) is 11.4. The van der Waals surface area contributed by atoms with Crippen LogP contribution in [0.4, 0.5) is 5.69 Å². The summed E-state index contributed by atoms with van der Waals surface area (Å²) in [5, 5.41) is 2.77. The Labute approximate surface area is 165 Å². The van der Waals surface area contributed by atoms with Gasteiger partial charge in [-0.2, -0.15) is 0 Å². The van der Waals surface area contributed by atoms with Gasteiger partial charge in [0.25, 0.3) is 5.91 Å². The molecule has 2 aromatic rings. The first kappa shape index (κ1) is 21.3. The van der Waals surface area contributed by atoms with Crippen LogP contribution in [-0.2, 0) is 9.53 Å². The predicted molar refractivity (Wildman–Crippen MR) is 108 cm³/mol. The number of anilines is 1. The molecule has 6 nitrogen and oxygen atoms in total. The third-order valence-corrected chi connectivity index (χ3v) is 4.11. The van der Waals surface area contributed by atoms with Crippen molar-refractivity contribution in [3.8, 4) is 11.5 Å². The molecule has 0 saturated carbocycles. The smallest absolute Gasteiger partial charge is 0.338 e. The van der Waals surface area contributed by atoms with Crippen molar-refractivity contribution < 1.29 is 23.8 Å². The highest BCUT2D eigenvalue weighted by Crippen LogP contribution is 2.19. The van der Waals surface area contributed by atoms with E-state index in [2.05, 4.69) is 12.2 Å². The Hall–Kier alpha value is -3.02. The van der Waals surface area contributed by atoms with Gasteiger partial charge in [-0.1, -0.05) is 19.8 Å². The SMILES string of the molecule is CCCCCOC(=O)c1ccc(NC(=O)C(C)Oc2ccc(OC)cc2)cc1. The van der Waals surface area contributed by atoms with Crippen molar-refractivity contribution in [2.24, 2.45) is 0 Å². The van der Waals surface area contributed by atoms with Gasteiger partial charge in [0.2, 0.25) is 0 Å². The van der Waals surface area contributed by atoms with E-state index in [1.54, 1.807) is 62.6 Å². The average molecular weight is 385 g/mol. The van der Waals surface area contributed by atoms with Crippen molar-refractivity contribution in [3.63, 3.8) is 0 Å². The lowest BCUT2D eigenvalue weighted by Crippen LogP contribution is -2.30. The van der Waals surface area contributed by atoms with Crippen molar-refractivity contribution >= 4 is 17.6 Å². The number of benzene rings is 2. The number of ether oxygens (including phenoxy) is 3. The zero-order valence-electron chi connectivity index (χ0n) is 16.6. The van der Waals surface area contributed by atoms with Gasteiger partial charge < -0.3 is 19.5 Å². The van der Waals surface area contributed by atoms with Gasteiger partial charge in [0.1, 0.15) is 11.5 Å². The van der Waals surface area contributed by atoms with E-state index in [-0.39, 0.29) is 11.9 Å². The summed E-state index contributed by atoms with van der Waals surface area (Å²) in [5.41, 5.74) is 1.04. The molecule has 1 atom stereocenters. The molecule has 1 unspecified atom stereocenters. The molecule has 0 heterocycles. The van der Waals surface area contributed by atoms with Crippen molar-refractivity contribution in [1.82, 2.24) is 0 Å². The highest BCUT2D eigenvalue weighted by Gasteiger charge is 2.15. The Balaban J connectivity index is 1.84. The maximum absolute atomic E-state index is 12.3. The molecule has 0 fully saturated rings. The standard InChI is InChI=1S/C22H27NO5/c1-4-5-6-15-27-22(25)17-7-9-18(10-8-17)23-21(24)16(2)28-20-13-11-19(26-3)12-14-20/h7-14,16H,4-6,15H2,1-3H3,(H,23,24). The molecule has 0 aliphatic carbocycles. The molecule has 0 aromatic heterocycles. The van der Waals surface area contributed by atoms with Gasteiger partial charge in [-0.3, -0.25) is 4.79 Å². The number of hydrogen-bond acceptors (Lipinski definition) is 5. The number of carbonyl (C=O) groups excluding carboxylic acids is 2. The maximum atomic E-state index is 12.3. The largest absolute Gasteiger partial charge is 0.497 e. The topological polar surface area (TPSA) is 73.9 Å². The highest BCUT2D eigenvalue weighted by molar-refractivity contribution is 5.95. The lowest BCUT2D eigenvalue weighted by atomic mass is 10.2. The summed E-state index contributed by atoms with van der Waals surface area (Å²) in [4.78, 5) is 24.3. The molecule has 28 heavy (non-hydrogen) atoms. The number of esters is 1. The van der Waals surface area contributed by atoms with Gasteiger partial charge in [-0.05, 0) is 61.9 Å². The van der Waals surface area contributed by atoms with E-state index >= 15 is 0 Å². The van der Waals surface area contributed by atoms with Crippen LogP contribution in [0.3, 0.4) is 0 Å². The Morgan fingerprint density at radius 2 is 1.61 bits per heavy atom. The molecule has 0 radical (unpaired) electrons. The van der Waals surface area contributed by atoms with Crippen molar-refractivity contribution in [2.75, 3.05) is 19.0 Å². The van der Waals surface area contributed by atoms with Gasteiger partial charge in [0.15, 0.2) is 6.10 Å². The van der Waals surface area contributed by atoms with Gasteiger partial charge in [-0.25, -0.2) is 4.79 Å². The molecular formula is C22H27NO5. The Morgan fingerprint density at radius 3 is 2.21 bits per heavy atom. The minimum atomic E-state index is -0.684. The van der Waals surface area contributed by atoms with Gasteiger partial charge >= 0.3 is 5.97 Å². The Kier molecular flexibility index (Phi) is 8.34. The molecule has 150 valence electrons. The van der Waals surface area contributed by atoms with Crippen molar-refractivity contribution in [2.45, 2.75) is 39.2 Å². The van der Waals surface area contributed by atoms with Crippen LogP contribution < -0.4 is 14.8 Å². The summed E-state index contributed by atoms with van der Waals surface area (Å²) in [6.07, 6.45) is 2.29. The first-order valence-corrected chi connectivity index (χ1v) is 9.42. The number of unbranched alkanes of at least 4 members (excludes halogenated alkanes) is 2. The number of amides is 1. The number of rotatable bonds is 10. The summed E-state index contributed by atoms with van der Waals surface area (Å²) in [6, 6.07) is 13.6. The zero-order chi connectivity index (χ0) is 20.4. The Bertz CT molecular complexity index is 756. The first-order chi connectivity index (χ1) is 13.5. The average Bonchev–Trinajstić information content (AvgIpc) is 2.72. The van der Waals surface area contributed by atoms with E-state index in [0.717, 1.165) is 19.3 Å². The summed E-state index contributed by atoms with van der Waals surface area (Å²) in [6.45, 7) is 4.19. The van der Waals surface area contributed by atoms with Crippen LogP contribution in [0.1, 0.15) is 43.5 Å². The monoisotopic (exact) mass is 385 g/mol. The fourth-order valence-electron chi connectivity index (χ4n) is 2.45. The van der Waals surface area contributed by atoms with Gasteiger partial charge in [0.05, 0.1) is 19.3 Å². The number of hydrogen-bond donors (Lipinski definition) is 1. The summed E-state index contributed by atoms with van der Waals surface area (Å²) in [7, 11) is 1.59. The molecule has 0 saturated heterocycles. The molecular weight excluding hydrogens is 358 g/mol. The molecule has 0 aliphatic heterocycles. The third kappa shape index (κ3) is 6.61. The van der Waals surface area contributed by atoms with Crippen LogP contribution in [0, 0.1) is 0 Å². The van der Waals surface area contributed by atoms with E-state index in [0.29, 0.717) is 29.4 Å². The zero-order valence-corrected chi connectivity index (χ0v) is 16.6. The Morgan fingerprint density at radius 1 is 0.964 bits per heavy atom. The summed E-state index contributed by atoms with van der Waals surface area (Å²) >= 11 is 0. The number of nitrogens with one attached hydrogen (secondary N) is 1. The quantitative estimate of drug-likeness (QED) is 0.483. The van der Waals surface area contributed by atoms with Crippen LogP contribution in [-0.4, -0.2) is 31.7 Å². The third-order valence-electron chi connectivity index (χ3n) is 4.11. The number of methoxy groups -OCH3 is 1. The lowest BCUT2D eigenvalue weighted by Gasteiger charge is -2.15. The van der Waals surface area contributed by atoms with Crippen LogP contribution >= 0.6 is 0 Å². The molecule has 0 aliphatic rings. The van der Waals surface area contributed by atoms with Crippen LogP contribution in [0.5, 0.6) is 11.5 Å². The van der Waals surface area contributed by atoms with Crippen LogP contribution in [0.15, 0.2) is 48.5 Å². The van der Waals surface area contributed by atoms with Crippen molar-refractivity contribution in [3.05, 3.63) is 54.1 Å². The molecule has 0 spiro atoms. The van der Waals surface area contributed by atoms with Crippen molar-refractivity contribution in [1.29, 1.82) is 0 Å². The van der Waals surface area contributed by atoms with E-state index in [1.807, 2.05) is 0 Å². The lowest BCUT2D eigenvalue weighted by molar-refractivity contribution is -0.122. The van der Waals surface area contributed by atoms with Gasteiger partial charge in [0, 0.05) is 5.69 Å². The number of carbonyl (C=O) groups is 2. The van der Waals surface area contributed by atoms with Crippen LogP contribution in [0.2, 0.25) is 0 Å². The second kappa shape index (κ2) is 11.0. The van der Waals surface area contributed by atoms with E-state index in [1.165, 1.54) is 0 Å². The van der Waals surface area contributed by atoms with E-state index in [4.69, 9.17) is 14.2 Å². The summed E-state index contributed by atoms with van der Waals surface area (Å²) < 4.78 is 15.9. The minimum absolute atomic E-state index is 0.286. The second-order valence-electron chi connectivity index (χ2n) is 6.35. The second-order valence-corrected chi connectivity index (χ2v) is 6.35. The minimum Gasteiger partial charge on any atom is -0.497 e. The van der Waals surface area contributed by atoms with E-state index < -0.39 is 6.10 Å². The molecule has 2 aromatic carbocycles. The summed E-state index contributed by atoms with van der Waals surface area (Å²) in [5.74, 6) is 0.647. The van der Waals surface area contributed by atoms with E-state index in [9.17, 15) is 9.59 Å². The van der Waals surface area contributed by atoms with Gasteiger partial charge in [-0.15, -0.1) is 0 Å². The molecule has 1 N–H and O–H groups in total. The maximum Gasteiger partial charge on any atom is 0.338 e. The molecule has 2 rings (SSSR count). The first-order valence-electron chi connectivity index (χ1n) is 9.42. The fourth-order valence-corrected chi connectivity index (χ4v) is 2.45. The molecule has 1 amide bonds. The molecule has 0 bridgehead atoms. The predicted octanol–water partition coefficient (Wildman–Crippen LogP) is 4.45.